The van der Waals surface area contributed by atoms with Crippen LogP contribution in [0.25, 0.3) is 0 Å². The van der Waals surface area contributed by atoms with E-state index < -0.39 is 0 Å². The molecule has 1 aromatic heterocycles. The highest BCUT2D eigenvalue weighted by Crippen LogP contribution is 2.18. The van der Waals surface area contributed by atoms with Crippen molar-refractivity contribution in [1.29, 1.82) is 0 Å². The third-order valence-corrected chi connectivity index (χ3v) is 4.24. The van der Waals surface area contributed by atoms with Crippen molar-refractivity contribution in [2.24, 2.45) is 4.99 Å². The van der Waals surface area contributed by atoms with Crippen LogP contribution in [0.1, 0.15) is 24.0 Å². The van der Waals surface area contributed by atoms with Crippen molar-refractivity contribution in [3.63, 3.8) is 0 Å². The van der Waals surface area contributed by atoms with Crippen LogP contribution in [0.2, 0.25) is 0 Å². The number of nitrogens with one attached hydrogen (secondary N) is 1. The monoisotopic (exact) mass is 303 g/mol. The van der Waals surface area contributed by atoms with E-state index in [1.807, 2.05) is 5.38 Å². The third-order valence-electron chi connectivity index (χ3n) is 3.24. The van der Waals surface area contributed by atoms with E-state index in [-0.39, 0.29) is 0 Å². The number of thiazole rings is 1. The Morgan fingerprint density at radius 3 is 2.85 bits per heavy atom. The highest BCUT2D eigenvalue weighted by molar-refractivity contribution is 7.80. The van der Waals surface area contributed by atoms with Gasteiger partial charge in [-0.3, -0.25) is 0 Å². The number of hydrogen-bond donors (Lipinski definition) is 1. The van der Waals surface area contributed by atoms with E-state index in [0.717, 1.165) is 11.3 Å². The molecule has 1 aliphatic carbocycles. The minimum atomic E-state index is 0.553. The van der Waals surface area contributed by atoms with Crippen molar-refractivity contribution in [1.82, 2.24) is 9.88 Å². The summed E-state index contributed by atoms with van der Waals surface area (Å²) < 4.78 is 2.14. The Bertz CT molecular complexity index is 663. The van der Waals surface area contributed by atoms with Crippen molar-refractivity contribution >= 4 is 28.7 Å². The Balaban J connectivity index is 1.76. The molecule has 0 radical (unpaired) electrons. The second-order valence-corrected chi connectivity index (χ2v) is 6.39. The van der Waals surface area contributed by atoms with Gasteiger partial charge < -0.3 is 9.88 Å². The van der Waals surface area contributed by atoms with Gasteiger partial charge in [-0.15, -0.1) is 11.3 Å². The molecule has 0 aliphatic heterocycles. The molecule has 0 spiro atoms. The van der Waals surface area contributed by atoms with Crippen LogP contribution in [0.3, 0.4) is 0 Å². The summed E-state index contributed by atoms with van der Waals surface area (Å²) in [5.74, 6) is 0. The minimum absolute atomic E-state index is 0.553. The lowest BCUT2D eigenvalue weighted by molar-refractivity contribution is 0.769. The molecule has 104 valence electrons. The summed E-state index contributed by atoms with van der Waals surface area (Å²) in [5.41, 5.74) is 2.56. The van der Waals surface area contributed by atoms with E-state index in [4.69, 9.17) is 12.2 Å². The maximum absolute atomic E-state index is 5.28. The fraction of sp³-hybridized carbons (Fsp3) is 0.333. The summed E-state index contributed by atoms with van der Waals surface area (Å²) >= 11 is 6.89. The van der Waals surface area contributed by atoms with Crippen molar-refractivity contribution in [2.45, 2.75) is 32.4 Å². The van der Waals surface area contributed by atoms with Gasteiger partial charge in [-0.2, -0.15) is 4.99 Å². The number of rotatable bonds is 3. The zero-order valence-corrected chi connectivity index (χ0v) is 13.0. The van der Waals surface area contributed by atoms with Crippen molar-refractivity contribution in [3.05, 3.63) is 51.8 Å². The first kappa shape index (κ1) is 13.5. The third kappa shape index (κ3) is 3.55. The number of nitrogens with zero attached hydrogens (tertiary/aromatic N) is 2. The molecule has 1 aliphatic rings. The summed E-state index contributed by atoms with van der Waals surface area (Å²) in [4.78, 5) is 5.46. The molecule has 0 bridgehead atoms. The maximum atomic E-state index is 5.28. The number of hydrogen-bond acceptors (Lipinski definition) is 2. The molecule has 1 saturated carbocycles. The first-order chi connectivity index (χ1) is 9.70. The molecule has 0 atom stereocenters. The van der Waals surface area contributed by atoms with E-state index in [1.165, 1.54) is 24.0 Å². The van der Waals surface area contributed by atoms with Gasteiger partial charge >= 0.3 is 0 Å². The predicted molar refractivity (Wildman–Crippen MR) is 86.9 cm³/mol. The van der Waals surface area contributed by atoms with Crippen LogP contribution < -0.4 is 10.1 Å². The van der Waals surface area contributed by atoms with Crippen molar-refractivity contribution in [2.75, 3.05) is 0 Å². The summed E-state index contributed by atoms with van der Waals surface area (Å²) in [5, 5.41) is 5.90. The minimum Gasteiger partial charge on any atom is -0.358 e. The Labute approximate surface area is 128 Å². The lowest BCUT2D eigenvalue weighted by Crippen LogP contribution is -2.25. The lowest BCUT2D eigenvalue weighted by Gasteiger charge is -2.04. The first-order valence-corrected chi connectivity index (χ1v) is 8.04. The smallest absolute Gasteiger partial charge is 0.195 e. The normalized spacial score (nSPS) is 15.3. The summed E-state index contributed by atoms with van der Waals surface area (Å²) in [6.07, 6.45) is 4.48. The molecule has 1 N–H and O–H groups in total. The van der Waals surface area contributed by atoms with Crippen LogP contribution in [0.4, 0.5) is 0 Å². The van der Waals surface area contributed by atoms with Crippen LogP contribution in [0.15, 0.2) is 40.8 Å². The zero-order chi connectivity index (χ0) is 13.9. The van der Waals surface area contributed by atoms with Crippen LogP contribution in [-0.4, -0.2) is 15.7 Å². The van der Waals surface area contributed by atoms with Gasteiger partial charge in [0.25, 0.3) is 0 Å². The second kappa shape index (κ2) is 5.89. The van der Waals surface area contributed by atoms with Crippen molar-refractivity contribution in [3.8, 4) is 0 Å². The number of thiocarbonyl (C=S) groups is 1. The van der Waals surface area contributed by atoms with Gasteiger partial charge in [0.2, 0.25) is 0 Å². The molecular weight excluding hydrogens is 286 g/mol. The predicted octanol–water partition coefficient (Wildman–Crippen LogP) is 2.84. The Hall–Kier alpha value is -1.46. The summed E-state index contributed by atoms with van der Waals surface area (Å²) in [7, 11) is 0. The average Bonchev–Trinajstić information content (AvgIpc) is 3.13. The summed E-state index contributed by atoms with van der Waals surface area (Å²) in [6.45, 7) is 2.93. The summed E-state index contributed by atoms with van der Waals surface area (Å²) in [6, 6.07) is 9.14. The average molecular weight is 303 g/mol. The van der Waals surface area contributed by atoms with Crippen LogP contribution >= 0.6 is 23.6 Å². The molecule has 0 unspecified atom stereocenters. The number of aromatic nitrogens is 1. The molecule has 1 fully saturated rings. The van der Waals surface area contributed by atoms with E-state index in [9.17, 15) is 0 Å². The molecule has 1 heterocycles. The van der Waals surface area contributed by atoms with Gasteiger partial charge in [-0.25, -0.2) is 0 Å². The molecule has 20 heavy (non-hydrogen) atoms. The SMILES string of the molecule is Cc1ccc(Cn2ccs/c2=N\C(=S)NC2CC2)cc1. The topological polar surface area (TPSA) is 29.3 Å². The molecule has 5 heteroatoms. The van der Waals surface area contributed by atoms with Crippen LogP contribution in [0.5, 0.6) is 0 Å². The molecule has 0 saturated heterocycles. The van der Waals surface area contributed by atoms with Gasteiger partial charge in [0, 0.05) is 24.2 Å². The quantitative estimate of drug-likeness (QED) is 0.884. The molecule has 3 rings (SSSR count). The number of benzene rings is 1. The highest BCUT2D eigenvalue weighted by atomic mass is 32.1. The van der Waals surface area contributed by atoms with Crippen LogP contribution in [-0.2, 0) is 6.54 Å². The fourth-order valence-corrected chi connectivity index (χ4v) is 2.96. The molecule has 0 amide bonds. The second-order valence-electron chi connectivity index (χ2n) is 5.13. The van der Waals surface area contributed by atoms with Gasteiger partial charge in [-0.05, 0) is 37.5 Å². The Kier molecular flexibility index (Phi) is 3.98. The van der Waals surface area contributed by atoms with E-state index in [0.29, 0.717) is 11.2 Å². The van der Waals surface area contributed by atoms with Crippen LogP contribution in [0, 0.1) is 6.92 Å². The van der Waals surface area contributed by atoms with Crippen molar-refractivity contribution < 1.29 is 0 Å². The fourth-order valence-electron chi connectivity index (χ4n) is 1.92. The van der Waals surface area contributed by atoms with E-state index >= 15 is 0 Å². The molecule has 2 aromatic rings. The Morgan fingerprint density at radius 2 is 2.15 bits per heavy atom. The lowest BCUT2D eigenvalue weighted by atomic mass is 10.1. The molecular formula is C15H17N3S2. The zero-order valence-electron chi connectivity index (χ0n) is 11.4. The Morgan fingerprint density at radius 1 is 1.40 bits per heavy atom. The first-order valence-electron chi connectivity index (χ1n) is 6.75. The van der Waals surface area contributed by atoms with E-state index in [1.54, 1.807) is 11.3 Å². The van der Waals surface area contributed by atoms with Gasteiger partial charge in [0.05, 0.1) is 0 Å². The maximum Gasteiger partial charge on any atom is 0.195 e. The molecule has 3 nitrogen and oxygen atoms in total. The van der Waals surface area contributed by atoms with Gasteiger partial charge in [-0.1, -0.05) is 29.8 Å². The molecule has 1 aromatic carbocycles. The van der Waals surface area contributed by atoms with E-state index in [2.05, 4.69) is 52.3 Å². The standard InChI is InChI=1S/C15H17N3S2/c1-11-2-4-12(5-3-11)10-18-8-9-20-15(18)17-14(19)16-13-6-7-13/h2-5,8-9,13H,6-7,10H2,1H3,(H,16,19)/b17-15-. The van der Waals surface area contributed by atoms with Gasteiger partial charge in [0.15, 0.2) is 9.91 Å². The number of aryl methyl sites for hydroxylation is 1. The van der Waals surface area contributed by atoms with Gasteiger partial charge in [0.1, 0.15) is 0 Å². The highest BCUT2D eigenvalue weighted by Gasteiger charge is 2.21. The largest absolute Gasteiger partial charge is 0.358 e.